The van der Waals surface area contributed by atoms with Crippen LogP contribution in [0.1, 0.15) is 31.4 Å². The van der Waals surface area contributed by atoms with E-state index in [1.165, 1.54) is 38.0 Å². The molecular formula is C17H28N2O. The van der Waals surface area contributed by atoms with Crippen LogP contribution < -0.4 is 5.32 Å². The minimum absolute atomic E-state index is 0.311. The molecule has 1 fully saturated rings. The fourth-order valence-electron chi connectivity index (χ4n) is 2.94. The Morgan fingerprint density at radius 3 is 2.55 bits per heavy atom. The number of likely N-dealkylation sites (tertiary alicyclic amines) is 1. The highest BCUT2D eigenvalue weighted by atomic mass is 16.5. The van der Waals surface area contributed by atoms with E-state index >= 15 is 0 Å². The topological polar surface area (TPSA) is 24.5 Å². The molecule has 1 aliphatic rings. The molecule has 1 aromatic carbocycles. The van der Waals surface area contributed by atoms with Gasteiger partial charge in [-0.05, 0) is 50.5 Å². The van der Waals surface area contributed by atoms with Crippen LogP contribution in [0.15, 0.2) is 30.3 Å². The van der Waals surface area contributed by atoms with Crippen molar-refractivity contribution in [3.05, 3.63) is 35.9 Å². The minimum Gasteiger partial charge on any atom is -0.383 e. The highest BCUT2D eigenvalue weighted by molar-refractivity contribution is 5.18. The van der Waals surface area contributed by atoms with E-state index in [2.05, 4.69) is 47.5 Å². The Morgan fingerprint density at radius 2 is 1.95 bits per heavy atom. The molecule has 2 rings (SSSR count). The lowest BCUT2D eigenvalue weighted by atomic mass is 9.96. The average Bonchev–Trinajstić information content (AvgIpc) is 2.53. The molecule has 3 heteroatoms. The Morgan fingerprint density at radius 1 is 1.25 bits per heavy atom. The number of nitrogens with zero attached hydrogens (tertiary/aromatic N) is 1. The first-order valence-electron chi connectivity index (χ1n) is 7.83. The third-order valence-electron chi connectivity index (χ3n) is 4.34. The molecule has 1 unspecified atom stereocenters. The fourth-order valence-corrected chi connectivity index (χ4v) is 2.94. The van der Waals surface area contributed by atoms with Crippen molar-refractivity contribution < 1.29 is 4.74 Å². The Hall–Kier alpha value is -0.900. The van der Waals surface area contributed by atoms with Crippen molar-refractivity contribution in [3.8, 4) is 0 Å². The molecule has 1 saturated heterocycles. The SMILES string of the molecule is CCN1CCC(CNC(COC)c2ccccc2)CC1. The summed E-state index contributed by atoms with van der Waals surface area (Å²) in [6.07, 6.45) is 2.63. The molecule has 0 radical (unpaired) electrons. The predicted octanol–water partition coefficient (Wildman–Crippen LogP) is 2.70. The predicted molar refractivity (Wildman–Crippen MR) is 83.9 cm³/mol. The summed E-state index contributed by atoms with van der Waals surface area (Å²) in [5.41, 5.74) is 1.32. The van der Waals surface area contributed by atoms with Gasteiger partial charge in [-0.25, -0.2) is 0 Å². The number of methoxy groups -OCH3 is 1. The maximum absolute atomic E-state index is 5.36. The van der Waals surface area contributed by atoms with Gasteiger partial charge in [0.05, 0.1) is 12.6 Å². The summed E-state index contributed by atoms with van der Waals surface area (Å²) in [4.78, 5) is 2.54. The highest BCUT2D eigenvalue weighted by Crippen LogP contribution is 2.18. The molecule has 1 aliphatic heterocycles. The number of nitrogens with one attached hydrogen (secondary N) is 1. The number of piperidine rings is 1. The summed E-state index contributed by atoms with van der Waals surface area (Å²) in [6.45, 7) is 7.78. The number of rotatable bonds is 7. The van der Waals surface area contributed by atoms with E-state index in [0.29, 0.717) is 6.04 Å². The monoisotopic (exact) mass is 276 g/mol. The lowest BCUT2D eigenvalue weighted by Gasteiger charge is -2.32. The van der Waals surface area contributed by atoms with Gasteiger partial charge >= 0.3 is 0 Å². The van der Waals surface area contributed by atoms with Crippen LogP contribution in [0.4, 0.5) is 0 Å². The van der Waals surface area contributed by atoms with Crippen LogP contribution in [0.3, 0.4) is 0 Å². The van der Waals surface area contributed by atoms with Crippen molar-refractivity contribution in [2.75, 3.05) is 39.9 Å². The molecule has 0 aliphatic carbocycles. The van der Waals surface area contributed by atoms with Crippen LogP contribution in [0.2, 0.25) is 0 Å². The van der Waals surface area contributed by atoms with Gasteiger partial charge in [0.15, 0.2) is 0 Å². The summed E-state index contributed by atoms with van der Waals surface area (Å²) >= 11 is 0. The molecule has 0 amide bonds. The summed E-state index contributed by atoms with van der Waals surface area (Å²) in [6, 6.07) is 10.9. The molecule has 3 nitrogen and oxygen atoms in total. The number of hydrogen-bond acceptors (Lipinski definition) is 3. The van der Waals surface area contributed by atoms with Gasteiger partial charge < -0.3 is 15.0 Å². The standard InChI is InChI=1S/C17H28N2O/c1-3-19-11-9-15(10-12-19)13-18-17(14-20-2)16-7-5-4-6-8-16/h4-8,15,17-18H,3,9-14H2,1-2H3. The van der Waals surface area contributed by atoms with Gasteiger partial charge in [-0.3, -0.25) is 0 Å². The first kappa shape index (κ1) is 15.5. The van der Waals surface area contributed by atoms with E-state index in [-0.39, 0.29) is 0 Å². The molecule has 0 saturated carbocycles. The quantitative estimate of drug-likeness (QED) is 0.828. The van der Waals surface area contributed by atoms with Gasteiger partial charge in [-0.15, -0.1) is 0 Å². The van der Waals surface area contributed by atoms with E-state index < -0.39 is 0 Å². The molecular weight excluding hydrogens is 248 g/mol. The maximum atomic E-state index is 5.36. The van der Waals surface area contributed by atoms with Crippen LogP contribution in [-0.2, 0) is 4.74 Å². The Kier molecular flexibility index (Phi) is 6.51. The molecule has 1 N–H and O–H groups in total. The fraction of sp³-hybridized carbons (Fsp3) is 0.647. The van der Waals surface area contributed by atoms with Crippen LogP contribution in [-0.4, -0.2) is 44.8 Å². The summed E-state index contributed by atoms with van der Waals surface area (Å²) < 4.78 is 5.36. The van der Waals surface area contributed by atoms with E-state index in [1.807, 2.05) is 0 Å². The lowest BCUT2D eigenvalue weighted by molar-refractivity contribution is 0.153. The van der Waals surface area contributed by atoms with Gasteiger partial charge in [0, 0.05) is 7.11 Å². The zero-order chi connectivity index (χ0) is 14.2. The maximum Gasteiger partial charge on any atom is 0.0657 e. The van der Waals surface area contributed by atoms with Gasteiger partial charge in [0.2, 0.25) is 0 Å². The van der Waals surface area contributed by atoms with Gasteiger partial charge in [0.25, 0.3) is 0 Å². The van der Waals surface area contributed by atoms with Crippen LogP contribution in [0.5, 0.6) is 0 Å². The Bertz CT molecular complexity index is 361. The molecule has 1 heterocycles. The van der Waals surface area contributed by atoms with E-state index in [4.69, 9.17) is 4.74 Å². The van der Waals surface area contributed by atoms with Crippen molar-refractivity contribution in [1.82, 2.24) is 10.2 Å². The molecule has 20 heavy (non-hydrogen) atoms. The average molecular weight is 276 g/mol. The smallest absolute Gasteiger partial charge is 0.0657 e. The van der Waals surface area contributed by atoms with Gasteiger partial charge in [-0.1, -0.05) is 37.3 Å². The highest BCUT2D eigenvalue weighted by Gasteiger charge is 2.19. The van der Waals surface area contributed by atoms with E-state index in [9.17, 15) is 0 Å². The first-order valence-corrected chi connectivity index (χ1v) is 7.83. The van der Waals surface area contributed by atoms with Crippen LogP contribution in [0, 0.1) is 5.92 Å². The second kappa shape index (κ2) is 8.40. The molecule has 0 aromatic heterocycles. The number of ether oxygens (including phenoxy) is 1. The summed E-state index contributed by atoms with van der Waals surface area (Å²) in [5.74, 6) is 0.806. The molecule has 0 spiro atoms. The number of benzene rings is 1. The molecule has 0 bridgehead atoms. The zero-order valence-electron chi connectivity index (χ0n) is 12.8. The van der Waals surface area contributed by atoms with E-state index in [0.717, 1.165) is 19.1 Å². The van der Waals surface area contributed by atoms with Gasteiger partial charge in [-0.2, -0.15) is 0 Å². The summed E-state index contributed by atoms with van der Waals surface area (Å²) in [7, 11) is 1.78. The normalized spacial score (nSPS) is 19.1. The Labute approximate surface area is 123 Å². The van der Waals surface area contributed by atoms with Crippen LogP contribution >= 0.6 is 0 Å². The van der Waals surface area contributed by atoms with Gasteiger partial charge in [0.1, 0.15) is 0 Å². The third-order valence-corrected chi connectivity index (χ3v) is 4.34. The van der Waals surface area contributed by atoms with Crippen molar-refractivity contribution in [2.45, 2.75) is 25.8 Å². The van der Waals surface area contributed by atoms with Crippen molar-refractivity contribution in [2.24, 2.45) is 5.92 Å². The zero-order valence-corrected chi connectivity index (χ0v) is 12.8. The first-order chi connectivity index (χ1) is 9.83. The largest absolute Gasteiger partial charge is 0.383 e. The third kappa shape index (κ3) is 4.58. The lowest BCUT2D eigenvalue weighted by Crippen LogP contribution is -2.38. The van der Waals surface area contributed by atoms with Crippen molar-refractivity contribution in [3.63, 3.8) is 0 Å². The Balaban J connectivity index is 1.81. The molecule has 112 valence electrons. The van der Waals surface area contributed by atoms with Crippen molar-refractivity contribution >= 4 is 0 Å². The van der Waals surface area contributed by atoms with Crippen LogP contribution in [0.25, 0.3) is 0 Å². The second-order valence-electron chi connectivity index (χ2n) is 5.70. The summed E-state index contributed by atoms with van der Waals surface area (Å²) in [5, 5.41) is 3.70. The number of hydrogen-bond donors (Lipinski definition) is 1. The minimum atomic E-state index is 0.311. The second-order valence-corrected chi connectivity index (χ2v) is 5.70. The molecule has 1 atom stereocenters. The molecule has 1 aromatic rings. The van der Waals surface area contributed by atoms with E-state index in [1.54, 1.807) is 7.11 Å². The van der Waals surface area contributed by atoms with Crippen molar-refractivity contribution in [1.29, 1.82) is 0 Å².